The second-order valence-electron chi connectivity index (χ2n) is 6.60. The highest BCUT2D eigenvalue weighted by molar-refractivity contribution is 7.92. The first kappa shape index (κ1) is 21.3. The van der Waals surface area contributed by atoms with Crippen LogP contribution in [0.3, 0.4) is 0 Å². The Hall–Kier alpha value is -2.40. The molecule has 3 rings (SSSR count). The Morgan fingerprint density at radius 3 is 2.10 bits per heavy atom. The van der Waals surface area contributed by atoms with E-state index in [-0.39, 0.29) is 10.5 Å². The molecule has 29 heavy (non-hydrogen) atoms. The molecule has 0 atom stereocenters. The lowest BCUT2D eigenvalue weighted by Gasteiger charge is -2.30. The number of fused-ring (bicyclic) bond motifs is 1. The summed E-state index contributed by atoms with van der Waals surface area (Å²) in [6, 6.07) is 7.95. The third-order valence-electron chi connectivity index (χ3n) is 4.56. The van der Waals surface area contributed by atoms with Crippen molar-refractivity contribution in [1.82, 2.24) is 0 Å². The van der Waals surface area contributed by atoms with Crippen LogP contribution in [-0.2, 0) is 26.1 Å². The Labute approximate surface area is 165 Å². The number of amides is 1. The molecule has 0 bridgehead atoms. The molecule has 0 N–H and O–H groups in total. The first-order valence-corrected chi connectivity index (χ1v) is 11.8. The number of carbonyl (C=O) groups excluding carboxylic acids is 1. The molecule has 2 aromatic carbocycles. The number of halogens is 3. The number of alkyl halides is 3. The first-order chi connectivity index (χ1) is 13.3. The maximum atomic E-state index is 12.8. The third-order valence-corrected chi connectivity index (χ3v) is 7.17. The summed E-state index contributed by atoms with van der Waals surface area (Å²) in [4.78, 5) is 13.4. The van der Waals surface area contributed by atoms with Gasteiger partial charge in [0.2, 0.25) is 0 Å². The van der Waals surface area contributed by atoms with E-state index in [2.05, 4.69) is 0 Å². The molecule has 0 radical (unpaired) electrons. The Bertz CT molecular complexity index is 1170. The molecule has 1 amide bonds. The Morgan fingerprint density at radius 1 is 0.966 bits per heavy atom. The molecule has 1 aliphatic rings. The van der Waals surface area contributed by atoms with E-state index in [0.29, 0.717) is 30.6 Å². The Morgan fingerprint density at radius 2 is 1.55 bits per heavy atom. The summed E-state index contributed by atoms with van der Waals surface area (Å²) in [6.07, 6.45) is 2.23. The lowest BCUT2D eigenvalue weighted by Crippen LogP contribution is -2.35. The molecule has 0 spiro atoms. The van der Waals surface area contributed by atoms with Crippen LogP contribution in [0.25, 0.3) is 0 Å². The van der Waals surface area contributed by atoms with Gasteiger partial charge in [-0.15, -0.1) is 0 Å². The molecule has 11 heteroatoms. The number of hydrogen-bond acceptors (Lipinski definition) is 5. The second kappa shape index (κ2) is 7.13. The van der Waals surface area contributed by atoms with Crippen LogP contribution in [0.1, 0.15) is 22.3 Å². The van der Waals surface area contributed by atoms with Gasteiger partial charge in [0.05, 0.1) is 9.79 Å². The fourth-order valence-corrected chi connectivity index (χ4v) is 4.51. The minimum atomic E-state index is -5.49. The van der Waals surface area contributed by atoms with Crippen molar-refractivity contribution in [3.63, 3.8) is 0 Å². The zero-order valence-corrected chi connectivity index (χ0v) is 16.7. The van der Waals surface area contributed by atoms with Crippen molar-refractivity contribution in [2.45, 2.75) is 28.1 Å². The van der Waals surface area contributed by atoms with Crippen LogP contribution in [0.5, 0.6) is 0 Å². The predicted molar refractivity (Wildman–Crippen MR) is 99.2 cm³/mol. The zero-order chi connectivity index (χ0) is 21.6. The topological polar surface area (TPSA) is 88.6 Å². The van der Waals surface area contributed by atoms with Crippen LogP contribution in [-0.4, -0.2) is 41.1 Å². The minimum absolute atomic E-state index is 0.0196. The van der Waals surface area contributed by atoms with E-state index < -0.39 is 36.0 Å². The average Bonchev–Trinajstić information content (AvgIpc) is 2.65. The van der Waals surface area contributed by atoms with Gasteiger partial charge in [-0.1, -0.05) is 0 Å². The molecule has 0 fully saturated rings. The van der Waals surface area contributed by atoms with Gasteiger partial charge in [-0.25, -0.2) is 16.8 Å². The molecular formula is C18H16F3NO5S2. The summed E-state index contributed by atoms with van der Waals surface area (Å²) in [7, 11) is -8.90. The summed E-state index contributed by atoms with van der Waals surface area (Å²) in [6.45, 7) is 0.340. The third kappa shape index (κ3) is 4.01. The van der Waals surface area contributed by atoms with Crippen LogP contribution in [0, 0.1) is 0 Å². The van der Waals surface area contributed by atoms with Crippen molar-refractivity contribution >= 4 is 31.3 Å². The van der Waals surface area contributed by atoms with E-state index in [1.165, 1.54) is 23.1 Å². The number of rotatable bonds is 3. The van der Waals surface area contributed by atoms with E-state index in [0.717, 1.165) is 30.5 Å². The number of aryl methyl sites for hydroxylation is 1. The van der Waals surface area contributed by atoms with Gasteiger partial charge in [0.1, 0.15) is 0 Å². The molecule has 0 unspecified atom stereocenters. The van der Waals surface area contributed by atoms with E-state index >= 15 is 0 Å². The molecule has 2 aromatic rings. The van der Waals surface area contributed by atoms with Gasteiger partial charge >= 0.3 is 5.51 Å². The molecule has 0 saturated heterocycles. The lowest BCUT2D eigenvalue weighted by atomic mass is 10.0. The van der Waals surface area contributed by atoms with Crippen molar-refractivity contribution in [3.05, 3.63) is 53.6 Å². The van der Waals surface area contributed by atoms with E-state index in [1.807, 2.05) is 0 Å². The maximum absolute atomic E-state index is 12.8. The zero-order valence-electron chi connectivity index (χ0n) is 15.1. The Kier molecular flexibility index (Phi) is 5.24. The smallest absolute Gasteiger partial charge is 0.308 e. The van der Waals surface area contributed by atoms with Gasteiger partial charge in [-0.2, -0.15) is 13.2 Å². The van der Waals surface area contributed by atoms with Crippen LogP contribution in [0.2, 0.25) is 0 Å². The molecule has 1 heterocycles. The number of carbonyl (C=O) groups is 1. The van der Waals surface area contributed by atoms with Gasteiger partial charge < -0.3 is 4.90 Å². The van der Waals surface area contributed by atoms with E-state index in [4.69, 9.17) is 0 Å². The van der Waals surface area contributed by atoms with Crippen LogP contribution < -0.4 is 4.90 Å². The highest BCUT2D eigenvalue weighted by atomic mass is 32.2. The molecule has 1 aliphatic heterocycles. The predicted octanol–water partition coefficient (Wildman–Crippen LogP) is 2.98. The Balaban J connectivity index is 1.93. The number of nitrogens with zero attached hydrogens (tertiary/aromatic N) is 1. The fraction of sp³-hybridized carbons (Fsp3) is 0.278. The number of benzene rings is 2. The average molecular weight is 447 g/mol. The second-order valence-corrected chi connectivity index (χ2v) is 10.6. The molecule has 0 aliphatic carbocycles. The van der Waals surface area contributed by atoms with Crippen LogP contribution in [0.4, 0.5) is 18.9 Å². The van der Waals surface area contributed by atoms with Crippen molar-refractivity contribution in [3.8, 4) is 0 Å². The summed E-state index contributed by atoms with van der Waals surface area (Å²) < 4.78 is 84.3. The highest BCUT2D eigenvalue weighted by Gasteiger charge is 2.46. The summed E-state index contributed by atoms with van der Waals surface area (Å²) in [5.41, 5.74) is -4.22. The van der Waals surface area contributed by atoms with Gasteiger partial charge in [0.25, 0.3) is 15.7 Å². The van der Waals surface area contributed by atoms with Crippen molar-refractivity contribution in [1.29, 1.82) is 0 Å². The standard InChI is InChI=1S/C18H16F3NO5S2/c1-28(24,25)15-8-9-16-13(11-15)3-2-10-22(16)17(23)12-4-6-14(7-5-12)29(26,27)18(19,20)21/h4-9,11H,2-3,10H2,1H3. The number of hydrogen-bond donors (Lipinski definition) is 0. The normalized spacial score (nSPS) is 15.1. The minimum Gasteiger partial charge on any atom is -0.308 e. The quantitative estimate of drug-likeness (QED) is 0.722. The summed E-state index contributed by atoms with van der Waals surface area (Å²) >= 11 is 0. The SMILES string of the molecule is CS(=O)(=O)c1ccc2c(c1)CCCN2C(=O)c1ccc(S(=O)(=O)C(F)(F)F)cc1. The number of anilines is 1. The van der Waals surface area contributed by atoms with E-state index in [1.54, 1.807) is 0 Å². The van der Waals surface area contributed by atoms with Gasteiger partial charge in [0, 0.05) is 24.1 Å². The van der Waals surface area contributed by atoms with Gasteiger partial charge in [0.15, 0.2) is 9.84 Å². The van der Waals surface area contributed by atoms with Gasteiger partial charge in [-0.3, -0.25) is 4.79 Å². The molecule has 6 nitrogen and oxygen atoms in total. The van der Waals surface area contributed by atoms with Crippen molar-refractivity contribution < 1.29 is 34.8 Å². The molecule has 0 saturated carbocycles. The van der Waals surface area contributed by atoms with Crippen LogP contribution in [0.15, 0.2) is 52.3 Å². The monoisotopic (exact) mass is 447 g/mol. The maximum Gasteiger partial charge on any atom is 0.501 e. The number of sulfone groups is 2. The molecule has 156 valence electrons. The lowest BCUT2D eigenvalue weighted by molar-refractivity contribution is -0.0436. The largest absolute Gasteiger partial charge is 0.501 e. The van der Waals surface area contributed by atoms with Crippen molar-refractivity contribution in [2.75, 3.05) is 17.7 Å². The highest BCUT2D eigenvalue weighted by Crippen LogP contribution is 2.32. The first-order valence-electron chi connectivity index (χ1n) is 8.38. The van der Waals surface area contributed by atoms with E-state index in [9.17, 15) is 34.8 Å². The summed E-state index contributed by atoms with van der Waals surface area (Å²) in [5.74, 6) is -0.519. The van der Waals surface area contributed by atoms with Crippen molar-refractivity contribution in [2.24, 2.45) is 0 Å². The fourth-order valence-electron chi connectivity index (χ4n) is 3.08. The van der Waals surface area contributed by atoms with Gasteiger partial charge in [-0.05, 0) is 60.9 Å². The molecule has 0 aromatic heterocycles. The molecular weight excluding hydrogens is 431 g/mol. The summed E-state index contributed by atoms with van der Waals surface area (Å²) in [5, 5.41) is 0. The van der Waals surface area contributed by atoms with Crippen LogP contribution >= 0.6 is 0 Å².